The van der Waals surface area contributed by atoms with E-state index in [2.05, 4.69) is 11.8 Å². The van der Waals surface area contributed by atoms with Crippen LogP contribution in [0.15, 0.2) is 30.3 Å². The van der Waals surface area contributed by atoms with Gasteiger partial charge in [0.05, 0.1) is 12.5 Å². The van der Waals surface area contributed by atoms with Crippen molar-refractivity contribution in [1.82, 2.24) is 19.3 Å². The summed E-state index contributed by atoms with van der Waals surface area (Å²) in [5.41, 5.74) is 0.819. The molecule has 3 N–H and O–H groups in total. The molecule has 3 heterocycles. The number of rotatable bonds is 15. The number of amides is 1. The van der Waals surface area contributed by atoms with Crippen LogP contribution >= 0.6 is 0 Å². The maximum Gasteiger partial charge on any atom is 0.308 e. The van der Waals surface area contributed by atoms with Gasteiger partial charge in [-0.1, -0.05) is 19.4 Å². The van der Waals surface area contributed by atoms with E-state index in [0.717, 1.165) is 37.8 Å². The fourth-order valence-electron chi connectivity index (χ4n) is 5.99. The molecule has 4 rings (SSSR count). The number of aromatic hydroxyl groups is 2. The van der Waals surface area contributed by atoms with Crippen molar-refractivity contribution in [2.45, 2.75) is 57.5 Å². The Kier molecular flexibility index (Phi) is 10.4. The van der Waals surface area contributed by atoms with Crippen LogP contribution in [0.3, 0.4) is 0 Å². The molecule has 2 aromatic rings. The molecule has 0 unspecified atom stereocenters. The summed E-state index contributed by atoms with van der Waals surface area (Å²) in [6.07, 6.45) is 4.11. The highest BCUT2D eigenvalue weighted by Gasteiger charge is 2.47. The maximum atomic E-state index is 13.7. The number of aromatic nitrogens is 1. The topological polar surface area (TPSA) is 128 Å². The van der Waals surface area contributed by atoms with Crippen LogP contribution < -0.4 is 9.47 Å². The number of ether oxygens (including phenoxy) is 2. The zero-order valence-corrected chi connectivity index (χ0v) is 24.4. The highest BCUT2D eigenvalue weighted by Crippen LogP contribution is 2.43. The predicted octanol–water partition coefficient (Wildman–Crippen LogP) is 3.16. The van der Waals surface area contributed by atoms with Crippen molar-refractivity contribution in [3.8, 4) is 23.3 Å². The van der Waals surface area contributed by atoms with Gasteiger partial charge in [0.25, 0.3) is 0 Å². The maximum absolute atomic E-state index is 13.7. The van der Waals surface area contributed by atoms with Gasteiger partial charge in [0.1, 0.15) is 0 Å². The second-order valence-electron chi connectivity index (χ2n) is 11.3. The number of carbonyl (C=O) groups excluding carboxylic acids is 1. The molecule has 226 valence electrons. The summed E-state index contributed by atoms with van der Waals surface area (Å²) >= 11 is 0. The largest absolute Gasteiger partial charge is 0.494 e. The Bertz CT molecular complexity index is 1160. The van der Waals surface area contributed by atoms with Crippen molar-refractivity contribution < 1.29 is 34.4 Å². The molecule has 0 radical (unpaired) electrons. The standard InChI is InChI=1S/C30H44N4O7/c1-4-5-14-32(15-7-6-13-31(2)3)28(37)19-33-18-22(21-8-9-24-25(17-21)41-20-40-24)29(30(38)39)23(33)12-16-34-26(35)10-11-27(34)36/h8-11,17,22-23,29,35-36H,4-7,12-16,18-20H2,1-3H3,(H,38,39)/t22-,23-,29+/m1/s1. The van der Waals surface area contributed by atoms with Crippen LogP contribution in [0.25, 0.3) is 0 Å². The Morgan fingerprint density at radius 1 is 0.976 bits per heavy atom. The molecule has 0 saturated carbocycles. The van der Waals surface area contributed by atoms with E-state index in [1.807, 2.05) is 36.0 Å². The zero-order valence-electron chi connectivity index (χ0n) is 24.4. The molecule has 1 amide bonds. The van der Waals surface area contributed by atoms with Gasteiger partial charge in [0.15, 0.2) is 23.3 Å². The smallest absolute Gasteiger partial charge is 0.308 e. The van der Waals surface area contributed by atoms with E-state index in [1.54, 1.807) is 6.07 Å². The third-order valence-electron chi connectivity index (χ3n) is 8.20. The molecule has 3 atom stereocenters. The molecule has 41 heavy (non-hydrogen) atoms. The number of carboxylic acid groups (broad SMARTS) is 1. The van der Waals surface area contributed by atoms with Crippen LogP contribution in [0, 0.1) is 5.92 Å². The number of unbranched alkanes of at least 4 members (excludes halogenated alkanes) is 2. The molecule has 0 bridgehead atoms. The minimum absolute atomic E-state index is 0.00422. The number of nitrogens with zero attached hydrogens (tertiary/aromatic N) is 4. The Labute approximate surface area is 241 Å². The lowest BCUT2D eigenvalue weighted by molar-refractivity contribution is -0.144. The van der Waals surface area contributed by atoms with Crippen LogP contribution in [-0.2, 0) is 16.1 Å². The van der Waals surface area contributed by atoms with Crippen molar-refractivity contribution in [2.75, 3.05) is 53.6 Å². The summed E-state index contributed by atoms with van der Waals surface area (Å²) < 4.78 is 12.4. The van der Waals surface area contributed by atoms with E-state index >= 15 is 0 Å². The molecule has 0 spiro atoms. The number of benzene rings is 1. The normalized spacial score (nSPS) is 20.1. The van der Waals surface area contributed by atoms with Gasteiger partial charge in [-0.2, -0.15) is 0 Å². The molecule has 11 heteroatoms. The van der Waals surface area contributed by atoms with Gasteiger partial charge < -0.3 is 34.6 Å². The third kappa shape index (κ3) is 7.45. The van der Waals surface area contributed by atoms with E-state index in [4.69, 9.17) is 9.47 Å². The van der Waals surface area contributed by atoms with Gasteiger partial charge in [-0.05, 0) is 64.0 Å². The number of fused-ring (bicyclic) bond motifs is 1. The lowest BCUT2D eigenvalue weighted by Gasteiger charge is -2.30. The fraction of sp³-hybridized carbons (Fsp3) is 0.600. The predicted molar refractivity (Wildman–Crippen MR) is 153 cm³/mol. The monoisotopic (exact) mass is 572 g/mol. The van der Waals surface area contributed by atoms with E-state index < -0.39 is 17.9 Å². The van der Waals surface area contributed by atoms with Crippen LogP contribution in [0.2, 0.25) is 0 Å². The van der Waals surface area contributed by atoms with E-state index in [1.165, 1.54) is 16.7 Å². The molecule has 11 nitrogen and oxygen atoms in total. The number of hydrogen-bond donors (Lipinski definition) is 3. The molecular formula is C30H44N4O7. The van der Waals surface area contributed by atoms with Crippen LogP contribution in [0.4, 0.5) is 0 Å². The van der Waals surface area contributed by atoms with E-state index in [9.17, 15) is 24.9 Å². The Morgan fingerprint density at radius 3 is 2.34 bits per heavy atom. The second-order valence-corrected chi connectivity index (χ2v) is 11.3. The molecule has 1 saturated heterocycles. The van der Waals surface area contributed by atoms with Crippen molar-refractivity contribution in [3.05, 3.63) is 35.9 Å². The van der Waals surface area contributed by atoms with Crippen LogP contribution in [0.5, 0.6) is 23.3 Å². The van der Waals surface area contributed by atoms with E-state index in [0.29, 0.717) is 37.6 Å². The summed E-state index contributed by atoms with van der Waals surface area (Å²) in [6, 6.07) is 7.82. The van der Waals surface area contributed by atoms with Crippen LogP contribution in [0.1, 0.15) is 50.5 Å². The van der Waals surface area contributed by atoms with Crippen molar-refractivity contribution in [2.24, 2.45) is 5.92 Å². The summed E-state index contributed by atoms with van der Waals surface area (Å²) in [6.45, 7) is 5.24. The lowest BCUT2D eigenvalue weighted by Crippen LogP contribution is -2.45. The summed E-state index contributed by atoms with van der Waals surface area (Å²) in [7, 11) is 4.08. The number of carbonyl (C=O) groups is 2. The first-order valence-electron chi connectivity index (χ1n) is 14.6. The van der Waals surface area contributed by atoms with Gasteiger partial charge in [0, 0.05) is 50.3 Å². The summed E-state index contributed by atoms with van der Waals surface area (Å²) in [5.74, 6) is -1.10. The van der Waals surface area contributed by atoms with E-state index in [-0.39, 0.29) is 43.5 Å². The Hall–Kier alpha value is -3.44. The number of hydrogen-bond acceptors (Lipinski definition) is 8. The van der Waals surface area contributed by atoms with Crippen LogP contribution in [-0.4, -0.2) is 106 Å². The number of carboxylic acids is 1. The summed E-state index contributed by atoms with van der Waals surface area (Å²) in [5, 5.41) is 30.8. The summed E-state index contributed by atoms with van der Waals surface area (Å²) in [4.78, 5) is 32.5. The Morgan fingerprint density at radius 2 is 1.66 bits per heavy atom. The first-order chi connectivity index (χ1) is 19.7. The molecule has 1 aromatic heterocycles. The molecule has 2 aliphatic rings. The molecule has 1 fully saturated rings. The highest BCUT2D eigenvalue weighted by atomic mass is 16.7. The fourth-order valence-corrected chi connectivity index (χ4v) is 5.99. The number of likely N-dealkylation sites (tertiary alicyclic amines) is 1. The molecule has 0 aliphatic carbocycles. The molecule has 1 aromatic carbocycles. The lowest BCUT2D eigenvalue weighted by atomic mass is 9.84. The molecular weight excluding hydrogens is 528 g/mol. The third-order valence-corrected chi connectivity index (χ3v) is 8.20. The van der Waals surface area contributed by atoms with Gasteiger partial charge >= 0.3 is 5.97 Å². The first kappa shape index (κ1) is 30.5. The molecule has 2 aliphatic heterocycles. The van der Waals surface area contributed by atoms with Gasteiger partial charge in [-0.15, -0.1) is 0 Å². The highest BCUT2D eigenvalue weighted by molar-refractivity contribution is 5.79. The quantitative estimate of drug-likeness (QED) is 0.276. The van der Waals surface area contributed by atoms with Gasteiger partial charge in [-0.25, -0.2) is 0 Å². The van der Waals surface area contributed by atoms with Gasteiger partial charge in [-0.3, -0.25) is 19.1 Å². The number of aliphatic carboxylic acids is 1. The SMILES string of the molecule is CCCCN(CCCCN(C)C)C(=O)CN1C[C@H](c2ccc3c(c2)OCO3)[C@H](C(=O)O)[C@H]1CCn1c(O)ccc1O. The average molecular weight is 573 g/mol. The van der Waals surface area contributed by atoms with Crippen molar-refractivity contribution >= 4 is 11.9 Å². The minimum Gasteiger partial charge on any atom is -0.494 e. The second kappa shape index (κ2) is 14.0. The van der Waals surface area contributed by atoms with Crippen molar-refractivity contribution in [3.63, 3.8) is 0 Å². The first-order valence-corrected chi connectivity index (χ1v) is 14.6. The minimum atomic E-state index is -0.944. The van der Waals surface area contributed by atoms with Crippen molar-refractivity contribution in [1.29, 1.82) is 0 Å². The van der Waals surface area contributed by atoms with Gasteiger partial charge in [0.2, 0.25) is 12.7 Å². The average Bonchev–Trinajstić information content (AvgIpc) is 3.63. The zero-order chi connectivity index (χ0) is 29.5. The Balaban J connectivity index is 1.57.